The molecule has 142 valence electrons. The van der Waals surface area contributed by atoms with Crippen LogP contribution in [0.3, 0.4) is 0 Å². The van der Waals surface area contributed by atoms with Gasteiger partial charge in [-0.15, -0.1) is 0 Å². The standard InChI is InChI=1S/C19H18Cl2N2O3S/c1-19(2,3)12-6-4-10(5-7-12)16(24)23-18(27)22-15-13(20)8-11(17(25)26)9-14(15)21/h4-9H,1-3H3,(H,25,26)(H2,22,23,24,27). The molecule has 0 aliphatic carbocycles. The summed E-state index contributed by atoms with van der Waals surface area (Å²) in [7, 11) is 0. The van der Waals surface area contributed by atoms with Gasteiger partial charge in [0.15, 0.2) is 5.11 Å². The summed E-state index contributed by atoms with van der Waals surface area (Å²) in [5.74, 6) is -1.54. The maximum Gasteiger partial charge on any atom is 0.335 e. The molecule has 0 aliphatic heterocycles. The van der Waals surface area contributed by atoms with Gasteiger partial charge in [0, 0.05) is 5.56 Å². The van der Waals surface area contributed by atoms with Crippen molar-refractivity contribution >= 4 is 58.1 Å². The van der Waals surface area contributed by atoms with Crippen molar-refractivity contribution in [2.45, 2.75) is 26.2 Å². The van der Waals surface area contributed by atoms with Crippen LogP contribution in [-0.2, 0) is 5.41 Å². The van der Waals surface area contributed by atoms with E-state index in [1.54, 1.807) is 12.1 Å². The minimum absolute atomic E-state index is 0.00762. The number of rotatable bonds is 3. The Balaban J connectivity index is 2.10. The molecule has 0 aromatic heterocycles. The number of thiocarbonyl (C=S) groups is 1. The van der Waals surface area contributed by atoms with Crippen molar-refractivity contribution in [3.8, 4) is 0 Å². The zero-order chi connectivity index (χ0) is 20.4. The Morgan fingerprint density at radius 1 is 1.00 bits per heavy atom. The van der Waals surface area contributed by atoms with Crippen molar-refractivity contribution in [1.29, 1.82) is 0 Å². The number of nitrogens with one attached hydrogen (secondary N) is 2. The van der Waals surface area contributed by atoms with E-state index in [1.807, 2.05) is 12.1 Å². The smallest absolute Gasteiger partial charge is 0.335 e. The first-order valence-corrected chi connectivity index (χ1v) is 9.10. The summed E-state index contributed by atoms with van der Waals surface area (Å²) in [6.07, 6.45) is 0. The SMILES string of the molecule is CC(C)(C)c1ccc(C(=O)NC(=S)Nc2c(Cl)cc(C(=O)O)cc2Cl)cc1. The van der Waals surface area contributed by atoms with E-state index in [2.05, 4.69) is 31.4 Å². The predicted octanol–water partition coefficient (Wildman–Crippen LogP) is 5.12. The lowest BCUT2D eigenvalue weighted by Gasteiger charge is -2.19. The van der Waals surface area contributed by atoms with E-state index in [0.717, 1.165) is 5.56 Å². The quantitative estimate of drug-likeness (QED) is 0.596. The average Bonchev–Trinajstić information content (AvgIpc) is 2.57. The third-order valence-corrected chi connectivity index (χ3v) is 4.57. The van der Waals surface area contributed by atoms with E-state index in [-0.39, 0.29) is 37.7 Å². The lowest BCUT2D eigenvalue weighted by Crippen LogP contribution is -2.34. The van der Waals surface area contributed by atoms with Crippen LogP contribution in [0.25, 0.3) is 0 Å². The fraction of sp³-hybridized carbons (Fsp3) is 0.211. The van der Waals surface area contributed by atoms with E-state index < -0.39 is 5.97 Å². The first-order chi connectivity index (χ1) is 12.5. The first kappa shape index (κ1) is 21.2. The second-order valence-electron chi connectivity index (χ2n) is 6.86. The fourth-order valence-electron chi connectivity index (χ4n) is 2.26. The molecule has 2 aromatic rings. The molecule has 27 heavy (non-hydrogen) atoms. The van der Waals surface area contributed by atoms with Crippen molar-refractivity contribution in [3.05, 3.63) is 63.1 Å². The highest BCUT2D eigenvalue weighted by molar-refractivity contribution is 7.80. The molecule has 0 unspecified atom stereocenters. The van der Waals surface area contributed by atoms with Gasteiger partial charge in [0.2, 0.25) is 0 Å². The van der Waals surface area contributed by atoms with Crippen LogP contribution in [0.2, 0.25) is 10.0 Å². The van der Waals surface area contributed by atoms with Crippen molar-refractivity contribution in [3.63, 3.8) is 0 Å². The van der Waals surface area contributed by atoms with Gasteiger partial charge in [-0.3, -0.25) is 10.1 Å². The number of hydrogen-bond acceptors (Lipinski definition) is 3. The molecule has 0 radical (unpaired) electrons. The highest BCUT2D eigenvalue weighted by Gasteiger charge is 2.16. The fourth-order valence-corrected chi connectivity index (χ4v) is 3.03. The molecule has 0 atom stereocenters. The van der Waals surface area contributed by atoms with Crippen LogP contribution >= 0.6 is 35.4 Å². The molecule has 1 amide bonds. The predicted molar refractivity (Wildman–Crippen MR) is 112 cm³/mol. The molecule has 3 N–H and O–H groups in total. The number of aromatic carboxylic acids is 1. The average molecular weight is 425 g/mol. The van der Waals surface area contributed by atoms with Crippen LogP contribution in [0.1, 0.15) is 47.1 Å². The van der Waals surface area contributed by atoms with Crippen LogP contribution in [0.5, 0.6) is 0 Å². The molecule has 0 heterocycles. The summed E-state index contributed by atoms with van der Waals surface area (Å²) in [5.41, 5.74) is 1.71. The minimum atomic E-state index is -1.15. The first-order valence-electron chi connectivity index (χ1n) is 7.94. The van der Waals surface area contributed by atoms with E-state index >= 15 is 0 Å². The lowest BCUT2D eigenvalue weighted by molar-refractivity contribution is 0.0696. The zero-order valence-electron chi connectivity index (χ0n) is 14.9. The van der Waals surface area contributed by atoms with Crippen LogP contribution in [0, 0.1) is 0 Å². The molecule has 2 rings (SSSR count). The molecular formula is C19H18Cl2N2O3S. The second-order valence-corrected chi connectivity index (χ2v) is 8.08. The summed E-state index contributed by atoms with van der Waals surface area (Å²) >= 11 is 17.2. The van der Waals surface area contributed by atoms with E-state index in [1.165, 1.54) is 12.1 Å². The van der Waals surface area contributed by atoms with E-state index in [4.69, 9.17) is 40.5 Å². The van der Waals surface area contributed by atoms with Crippen LogP contribution in [0.4, 0.5) is 5.69 Å². The van der Waals surface area contributed by atoms with Crippen molar-refractivity contribution in [2.24, 2.45) is 0 Å². The van der Waals surface area contributed by atoms with Crippen LogP contribution in [-0.4, -0.2) is 22.1 Å². The molecule has 0 saturated carbocycles. The molecular weight excluding hydrogens is 407 g/mol. The van der Waals surface area contributed by atoms with Crippen molar-refractivity contribution < 1.29 is 14.7 Å². The zero-order valence-corrected chi connectivity index (χ0v) is 17.2. The number of halogens is 2. The van der Waals surface area contributed by atoms with Crippen LogP contribution in [0.15, 0.2) is 36.4 Å². The van der Waals surface area contributed by atoms with E-state index in [0.29, 0.717) is 5.56 Å². The molecule has 0 spiro atoms. The number of benzene rings is 2. The van der Waals surface area contributed by atoms with Crippen molar-refractivity contribution in [1.82, 2.24) is 5.32 Å². The minimum Gasteiger partial charge on any atom is -0.478 e. The Morgan fingerprint density at radius 3 is 1.96 bits per heavy atom. The van der Waals surface area contributed by atoms with Crippen LogP contribution < -0.4 is 10.6 Å². The monoisotopic (exact) mass is 424 g/mol. The molecule has 0 aliphatic rings. The summed E-state index contributed by atoms with van der Waals surface area (Å²) < 4.78 is 0. The Bertz CT molecular complexity index is 883. The van der Waals surface area contributed by atoms with Gasteiger partial charge < -0.3 is 10.4 Å². The molecule has 0 saturated heterocycles. The topological polar surface area (TPSA) is 78.4 Å². The number of carbonyl (C=O) groups excluding carboxylic acids is 1. The highest BCUT2D eigenvalue weighted by Crippen LogP contribution is 2.32. The molecule has 0 bridgehead atoms. The van der Waals surface area contributed by atoms with Gasteiger partial charge in [0.05, 0.1) is 21.3 Å². The van der Waals surface area contributed by atoms with Gasteiger partial charge in [0.1, 0.15) is 0 Å². The lowest BCUT2D eigenvalue weighted by atomic mass is 9.87. The molecule has 8 heteroatoms. The van der Waals surface area contributed by atoms with Gasteiger partial charge >= 0.3 is 5.97 Å². The number of amides is 1. The summed E-state index contributed by atoms with van der Waals surface area (Å²) in [5, 5.41) is 14.4. The largest absolute Gasteiger partial charge is 0.478 e. The highest BCUT2D eigenvalue weighted by atomic mass is 35.5. The Hall–Kier alpha value is -2.15. The molecule has 5 nitrogen and oxygen atoms in total. The normalized spacial score (nSPS) is 11.0. The number of carboxylic acids is 1. The summed E-state index contributed by atoms with van der Waals surface area (Å²) in [6.45, 7) is 6.26. The van der Waals surface area contributed by atoms with Gasteiger partial charge in [-0.25, -0.2) is 4.79 Å². The third-order valence-electron chi connectivity index (χ3n) is 3.77. The number of hydrogen-bond donors (Lipinski definition) is 3. The van der Waals surface area contributed by atoms with Gasteiger partial charge in [0.25, 0.3) is 5.91 Å². The van der Waals surface area contributed by atoms with E-state index in [9.17, 15) is 9.59 Å². The molecule has 2 aromatic carbocycles. The number of carboxylic acid groups (broad SMARTS) is 1. The maximum absolute atomic E-state index is 12.3. The summed E-state index contributed by atoms with van der Waals surface area (Å²) in [4.78, 5) is 23.3. The number of carbonyl (C=O) groups is 2. The number of anilines is 1. The Kier molecular flexibility index (Phi) is 6.46. The second kappa shape index (κ2) is 8.25. The maximum atomic E-state index is 12.3. The third kappa shape index (κ3) is 5.42. The van der Waals surface area contributed by atoms with Gasteiger partial charge in [-0.1, -0.05) is 56.1 Å². The Morgan fingerprint density at radius 2 is 1.52 bits per heavy atom. The Labute approximate surface area is 172 Å². The van der Waals surface area contributed by atoms with Gasteiger partial charge in [-0.05, 0) is 47.5 Å². The molecule has 0 fully saturated rings. The van der Waals surface area contributed by atoms with Crippen molar-refractivity contribution in [2.75, 3.05) is 5.32 Å². The summed E-state index contributed by atoms with van der Waals surface area (Å²) in [6, 6.07) is 9.72. The van der Waals surface area contributed by atoms with Gasteiger partial charge in [-0.2, -0.15) is 0 Å².